The molecule has 0 aliphatic carbocycles. The molecule has 0 aliphatic heterocycles. The molecule has 0 saturated heterocycles. The molecule has 0 aromatic rings. The number of amides is 1. The number of nitrogens with zero attached hydrogens (tertiary/aromatic N) is 1. The highest BCUT2D eigenvalue weighted by Gasteiger charge is 2.21. The molecule has 17 heavy (non-hydrogen) atoms. The van der Waals surface area contributed by atoms with Gasteiger partial charge in [-0.25, -0.2) is 4.21 Å². The van der Waals surface area contributed by atoms with Crippen LogP contribution in [0.25, 0.3) is 0 Å². The summed E-state index contributed by atoms with van der Waals surface area (Å²) in [4.78, 5) is 13.8. The smallest absolute Gasteiger partial charge is 0.311 e. The van der Waals surface area contributed by atoms with Gasteiger partial charge in [0.25, 0.3) is 0 Å². The van der Waals surface area contributed by atoms with E-state index in [9.17, 15) is 9.00 Å². The molecular weight excluding hydrogens is 234 g/mol. The largest absolute Gasteiger partial charge is 0.331 e. The average Bonchev–Trinajstić information content (AvgIpc) is 2.22. The first-order valence-corrected chi connectivity index (χ1v) is 7.87. The number of unbranched alkanes of at least 4 members (excludes halogenated alkanes) is 1. The predicted octanol–water partition coefficient (Wildman–Crippen LogP) is 3.27. The van der Waals surface area contributed by atoms with Gasteiger partial charge in [0, 0.05) is 18.8 Å². The van der Waals surface area contributed by atoms with Crippen LogP contribution in [0, 0.1) is 11.8 Å². The van der Waals surface area contributed by atoms with Crippen molar-refractivity contribution >= 4 is 16.0 Å². The minimum Gasteiger partial charge on any atom is -0.331 e. The maximum absolute atomic E-state index is 12.0. The quantitative estimate of drug-likeness (QED) is 0.705. The Hall–Kier alpha value is -0.380. The van der Waals surface area contributed by atoms with E-state index in [0.717, 1.165) is 12.8 Å². The van der Waals surface area contributed by atoms with Crippen LogP contribution in [0.2, 0.25) is 0 Å². The van der Waals surface area contributed by atoms with Crippen LogP contribution < -0.4 is 0 Å². The topological polar surface area (TPSA) is 37.4 Å². The fourth-order valence-corrected chi connectivity index (χ4v) is 2.77. The van der Waals surface area contributed by atoms with Crippen molar-refractivity contribution in [3.05, 3.63) is 0 Å². The molecule has 4 heteroatoms. The third-order valence-corrected chi connectivity index (χ3v) is 3.61. The number of rotatable bonds is 7. The van der Waals surface area contributed by atoms with Gasteiger partial charge in [-0.15, -0.1) is 0 Å². The van der Waals surface area contributed by atoms with Crippen molar-refractivity contribution in [1.82, 2.24) is 4.90 Å². The Morgan fingerprint density at radius 3 is 1.94 bits per heavy atom. The zero-order valence-corrected chi connectivity index (χ0v) is 12.7. The molecule has 0 aromatic carbocycles. The monoisotopic (exact) mass is 261 g/mol. The maximum Gasteiger partial charge on any atom is 0.311 e. The highest BCUT2D eigenvalue weighted by atomic mass is 32.2. The molecule has 0 heterocycles. The molecule has 1 atom stereocenters. The second-order valence-electron chi connectivity index (χ2n) is 5.36. The van der Waals surface area contributed by atoms with E-state index in [1.165, 1.54) is 0 Å². The molecule has 0 aromatic heterocycles. The van der Waals surface area contributed by atoms with Gasteiger partial charge in [-0.3, -0.25) is 4.79 Å². The molecule has 1 unspecified atom stereocenters. The zero-order valence-electron chi connectivity index (χ0n) is 11.9. The normalized spacial score (nSPS) is 13.1. The van der Waals surface area contributed by atoms with E-state index in [-0.39, 0.29) is 5.24 Å². The van der Waals surface area contributed by atoms with Crippen LogP contribution >= 0.6 is 0 Å². The maximum atomic E-state index is 12.0. The van der Waals surface area contributed by atoms with Crippen LogP contribution in [0.5, 0.6) is 0 Å². The summed E-state index contributed by atoms with van der Waals surface area (Å²) in [6.07, 6.45) is 1.84. The third kappa shape index (κ3) is 7.53. The Balaban J connectivity index is 4.45. The van der Waals surface area contributed by atoms with Gasteiger partial charge in [-0.2, -0.15) is 0 Å². The predicted molar refractivity (Wildman–Crippen MR) is 74.6 cm³/mol. The van der Waals surface area contributed by atoms with Gasteiger partial charge in [-0.05, 0) is 18.3 Å². The first-order chi connectivity index (χ1) is 7.88. The highest BCUT2D eigenvalue weighted by Crippen LogP contribution is 2.08. The van der Waals surface area contributed by atoms with Gasteiger partial charge in [0.15, 0.2) is 0 Å². The van der Waals surface area contributed by atoms with Gasteiger partial charge < -0.3 is 4.90 Å². The summed E-state index contributed by atoms with van der Waals surface area (Å²) in [7, 11) is -1.34. The Morgan fingerprint density at radius 1 is 1.12 bits per heavy atom. The molecular formula is C13H27NO2S. The fraction of sp³-hybridized carbons (Fsp3) is 0.923. The molecule has 0 aliphatic rings. The van der Waals surface area contributed by atoms with E-state index in [4.69, 9.17) is 0 Å². The second kappa shape index (κ2) is 8.67. The van der Waals surface area contributed by atoms with Crippen LogP contribution in [0.4, 0.5) is 4.79 Å². The molecule has 0 spiro atoms. The molecule has 1 amide bonds. The van der Waals surface area contributed by atoms with Crippen molar-refractivity contribution in [2.24, 2.45) is 11.8 Å². The minimum atomic E-state index is -1.34. The Kier molecular flexibility index (Phi) is 8.48. The molecule has 0 N–H and O–H groups in total. The fourth-order valence-electron chi connectivity index (χ4n) is 1.61. The summed E-state index contributed by atoms with van der Waals surface area (Å²) < 4.78 is 11.8. The van der Waals surface area contributed by atoms with Gasteiger partial charge >= 0.3 is 5.24 Å². The SMILES string of the molecule is CCCCS(=O)C(=O)N(CC(C)C)CC(C)C. The minimum absolute atomic E-state index is 0.180. The second-order valence-corrected chi connectivity index (χ2v) is 6.81. The number of carbonyl (C=O) groups is 1. The molecule has 3 nitrogen and oxygen atoms in total. The summed E-state index contributed by atoms with van der Waals surface area (Å²) in [5, 5.41) is -0.180. The number of carbonyl (C=O) groups excluding carboxylic acids is 1. The van der Waals surface area contributed by atoms with E-state index in [0.29, 0.717) is 30.7 Å². The van der Waals surface area contributed by atoms with Crippen LogP contribution in [-0.2, 0) is 10.8 Å². The summed E-state index contributed by atoms with van der Waals surface area (Å²) in [6.45, 7) is 11.8. The zero-order chi connectivity index (χ0) is 13.4. The van der Waals surface area contributed by atoms with E-state index >= 15 is 0 Å². The van der Waals surface area contributed by atoms with E-state index in [2.05, 4.69) is 27.7 Å². The Labute approximate surface area is 108 Å². The van der Waals surface area contributed by atoms with Crippen molar-refractivity contribution in [2.75, 3.05) is 18.8 Å². The van der Waals surface area contributed by atoms with Gasteiger partial charge in [0.05, 0.1) is 0 Å². The third-order valence-electron chi connectivity index (χ3n) is 2.31. The number of hydrogen-bond acceptors (Lipinski definition) is 2. The average molecular weight is 261 g/mol. The summed E-state index contributed by atoms with van der Waals surface area (Å²) in [5.74, 6) is 1.34. The van der Waals surface area contributed by atoms with Crippen LogP contribution in [0.3, 0.4) is 0 Å². The summed E-state index contributed by atoms with van der Waals surface area (Å²) >= 11 is 0. The first-order valence-electron chi connectivity index (χ1n) is 6.55. The molecule has 0 bridgehead atoms. The van der Waals surface area contributed by atoms with Crippen LogP contribution in [0.15, 0.2) is 0 Å². The van der Waals surface area contributed by atoms with E-state index < -0.39 is 10.8 Å². The summed E-state index contributed by atoms with van der Waals surface area (Å²) in [5.41, 5.74) is 0. The summed E-state index contributed by atoms with van der Waals surface area (Å²) in [6, 6.07) is 0. The van der Waals surface area contributed by atoms with Crippen LogP contribution in [-0.4, -0.2) is 33.2 Å². The van der Waals surface area contributed by atoms with Crippen molar-refractivity contribution in [3.8, 4) is 0 Å². The van der Waals surface area contributed by atoms with E-state index in [1.54, 1.807) is 4.90 Å². The lowest BCUT2D eigenvalue weighted by atomic mass is 10.1. The van der Waals surface area contributed by atoms with Crippen molar-refractivity contribution in [2.45, 2.75) is 47.5 Å². The standard InChI is InChI=1S/C13H27NO2S/c1-6-7-8-17(16)13(15)14(9-11(2)3)10-12(4)5/h11-12H,6-10H2,1-5H3. The Bertz CT molecular complexity index is 242. The van der Waals surface area contributed by atoms with Crippen molar-refractivity contribution < 1.29 is 9.00 Å². The number of hydrogen-bond donors (Lipinski definition) is 0. The van der Waals surface area contributed by atoms with Crippen molar-refractivity contribution in [3.63, 3.8) is 0 Å². The van der Waals surface area contributed by atoms with Gasteiger partial charge in [-0.1, -0.05) is 41.0 Å². The lowest BCUT2D eigenvalue weighted by molar-refractivity contribution is 0.206. The van der Waals surface area contributed by atoms with Gasteiger partial charge in [0.1, 0.15) is 10.8 Å². The van der Waals surface area contributed by atoms with Crippen LogP contribution in [0.1, 0.15) is 47.5 Å². The molecule has 102 valence electrons. The molecule has 0 fully saturated rings. The molecule has 0 rings (SSSR count). The van der Waals surface area contributed by atoms with Gasteiger partial charge in [0.2, 0.25) is 0 Å². The first kappa shape index (κ1) is 16.6. The highest BCUT2D eigenvalue weighted by molar-refractivity contribution is 8.00. The molecule has 0 saturated carbocycles. The molecule has 0 radical (unpaired) electrons. The lowest BCUT2D eigenvalue weighted by Crippen LogP contribution is -2.38. The lowest BCUT2D eigenvalue weighted by Gasteiger charge is -2.25. The van der Waals surface area contributed by atoms with E-state index in [1.807, 2.05) is 6.92 Å². The Morgan fingerprint density at radius 2 is 1.59 bits per heavy atom. The van der Waals surface area contributed by atoms with Crippen molar-refractivity contribution in [1.29, 1.82) is 0 Å².